The molecule has 1 amide bonds. The number of carbonyl (C=O) groups is 1. The van der Waals surface area contributed by atoms with Crippen LogP contribution in [-0.2, 0) is 11.3 Å². The van der Waals surface area contributed by atoms with Gasteiger partial charge in [-0.05, 0) is 32.4 Å². The van der Waals surface area contributed by atoms with E-state index in [0.717, 1.165) is 0 Å². The van der Waals surface area contributed by atoms with Crippen molar-refractivity contribution in [3.8, 4) is 0 Å². The zero-order chi connectivity index (χ0) is 13.8. The first kappa shape index (κ1) is 14.5. The van der Waals surface area contributed by atoms with E-state index < -0.39 is 18.8 Å². The third-order valence-corrected chi connectivity index (χ3v) is 2.05. The van der Waals surface area contributed by atoms with E-state index in [0.29, 0.717) is 5.56 Å². The van der Waals surface area contributed by atoms with Gasteiger partial charge in [0.1, 0.15) is 5.60 Å². The Hall–Kier alpha value is -1.60. The number of ether oxygens (including phenoxy) is 1. The minimum Gasteiger partial charge on any atom is -0.444 e. The van der Waals surface area contributed by atoms with Crippen LogP contribution in [0.5, 0.6) is 0 Å². The van der Waals surface area contributed by atoms with Crippen LogP contribution in [0.25, 0.3) is 0 Å². The second-order valence-electron chi connectivity index (χ2n) is 4.80. The fraction of sp³-hybridized carbons (Fsp3) is 0.455. The molecule has 1 rings (SSSR count). The third kappa shape index (κ3) is 4.73. The molecule has 1 heterocycles. The highest BCUT2D eigenvalue weighted by Gasteiger charge is 2.18. The zero-order valence-corrected chi connectivity index (χ0v) is 10.7. The SMILES string of the molecule is CC(C)(C)OC(=O)NCc1ccncc1B(O)O. The molecule has 18 heavy (non-hydrogen) atoms. The molecular formula is C11H17BN2O4. The molecule has 3 N–H and O–H groups in total. The first-order valence-electron chi connectivity index (χ1n) is 5.55. The highest BCUT2D eigenvalue weighted by atomic mass is 16.6. The van der Waals surface area contributed by atoms with Crippen LogP contribution in [-0.4, -0.2) is 33.8 Å². The van der Waals surface area contributed by atoms with Gasteiger partial charge in [-0.25, -0.2) is 4.79 Å². The molecular weight excluding hydrogens is 235 g/mol. The predicted molar refractivity (Wildman–Crippen MR) is 67.1 cm³/mol. The van der Waals surface area contributed by atoms with E-state index in [9.17, 15) is 4.79 Å². The number of pyridine rings is 1. The Balaban J connectivity index is 2.61. The number of hydrogen-bond donors (Lipinski definition) is 3. The van der Waals surface area contributed by atoms with Crippen molar-refractivity contribution < 1.29 is 19.6 Å². The smallest absolute Gasteiger partial charge is 0.444 e. The van der Waals surface area contributed by atoms with Gasteiger partial charge in [0.2, 0.25) is 0 Å². The average Bonchev–Trinajstić information content (AvgIpc) is 2.24. The summed E-state index contributed by atoms with van der Waals surface area (Å²) in [4.78, 5) is 15.2. The molecule has 0 bridgehead atoms. The van der Waals surface area contributed by atoms with Gasteiger partial charge in [0.05, 0.1) is 0 Å². The van der Waals surface area contributed by atoms with E-state index in [4.69, 9.17) is 14.8 Å². The summed E-state index contributed by atoms with van der Waals surface area (Å²) in [6.07, 6.45) is 2.30. The molecule has 0 saturated heterocycles. The molecule has 0 aliphatic carbocycles. The molecule has 7 heteroatoms. The Morgan fingerprint density at radius 1 is 1.50 bits per heavy atom. The summed E-state index contributed by atoms with van der Waals surface area (Å²) in [7, 11) is -1.62. The normalized spacial score (nSPS) is 10.9. The van der Waals surface area contributed by atoms with Crippen molar-refractivity contribution >= 4 is 18.7 Å². The number of aromatic nitrogens is 1. The Bertz CT molecular complexity index is 418. The highest BCUT2D eigenvalue weighted by Crippen LogP contribution is 2.06. The third-order valence-electron chi connectivity index (χ3n) is 2.05. The van der Waals surface area contributed by atoms with Gasteiger partial charge < -0.3 is 20.1 Å². The lowest BCUT2D eigenvalue weighted by molar-refractivity contribution is 0.0523. The fourth-order valence-electron chi connectivity index (χ4n) is 1.31. The van der Waals surface area contributed by atoms with Crippen LogP contribution in [0.4, 0.5) is 4.79 Å². The molecule has 0 aliphatic heterocycles. The molecule has 0 fully saturated rings. The van der Waals surface area contributed by atoms with E-state index in [1.54, 1.807) is 26.8 Å². The molecule has 0 aromatic carbocycles. The van der Waals surface area contributed by atoms with Gasteiger partial charge in [0.25, 0.3) is 0 Å². The van der Waals surface area contributed by atoms with Gasteiger partial charge in [-0.3, -0.25) is 4.98 Å². The van der Waals surface area contributed by atoms with Crippen molar-refractivity contribution in [2.24, 2.45) is 0 Å². The maximum atomic E-state index is 11.4. The van der Waals surface area contributed by atoms with Crippen LogP contribution in [0.2, 0.25) is 0 Å². The average molecular weight is 252 g/mol. The van der Waals surface area contributed by atoms with E-state index in [1.807, 2.05) is 0 Å². The molecule has 0 saturated carbocycles. The summed E-state index contributed by atoms with van der Waals surface area (Å²) in [6.45, 7) is 5.44. The molecule has 1 aromatic heterocycles. The van der Waals surface area contributed by atoms with Crippen molar-refractivity contribution in [2.45, 2.75) is 32.9 Å². The molecule has 0 unspecified atom stereocenters. The number of nitrogens with one attached hydrogen (secondary N) is 1. The summed E-state index contributed by atoms with van der Waals surface area (Å²) < 4.78 is 5.07. The van der Waals surface area contributed by atoms with Gasteiger partial charge in [-0.1, -0.05) is 0 Å². The molecule has 0 atom stereocenters. The summed E-state index contributed by atoms with van der Waals surface area (Å²) in [5.74, 6) is 0. The van der Waals surface area contributed by atoms with E-state index >= 15 is 0 Å². The lowest BCUT2D eigenvalue weighted by atomic mass is 9.78. The minimum atomic E-state index is -1.62. The summed E-state index contributed by atoms with van der Waals surface area (Å²) >= 11 is 0. The van der Waals surface area contributed by atoms with Crippen LogP contribution in [0.15, 0.2) is 18.5 Å². The highest BCUT2D eigenvalue weighted by molar-refractivity contribution is 6.59. The second-order valence-corrected chi connectivity index (χ2v) is 4.80. The molecule has 98 valence electrons. The molecule has 0 spiro atoms. The van der Waals surface area contributed by atoms with Crippen molar-refractivity contribution in [3.63, 3.8) is 0 Å². The van der Waals surface area contributed by atoms with Gasteiger partial charge in [-0.15, -0.1) is 0 Å². The maximum Gasteiger partial charge on any atom is 0.490 e. The van der Waals surface area contributed by atoms with E-state index in [-0.39, 0.29) is 12.0 Å². The first-order chi connectivity index (χ1) is 8.29. The lowest BCUT2D eigenvalue weighted by Crippen LogP contribution is -2.37. The van der Waals surface area contributed by atoms with Crippen molar-refractivity contribution in [1.82, 2.24) is 10.3 Å². The van der Waals surface area contributed by atoms with Gasteiger partial charge in [0.15, 0.2) is 0 Å². The quantitative estimate of drug-likeness (QED) is 0.647. The number of rotatable bonds is 3. The summed E-state index contributed by atoms with van der Waals surface area (Å²) in [5, 5.41) is 20.8. The van der Waals surface area contributed by atoms with Crippen LogP contribution < -0.4 is 10.8 Å². The van der Waals surface area contributed by atoms with Crippen LogP contribution >= 0.6 is 0 Å². The van der Waals surface area contributed by atoms with Gasteiger partial charge >= 0.3 is 13.2 Å². The number of hydrogen-bond acceptors (Lipinski definition) is 5. The minimum absolute atomic E-state index is 0.143. The molecule has 0 radical (unpaired) electrons. The topological polar surface area (TPSA) is 91.7 Å². The lowest BCUT2D eigenvalue weighted by Gasteiger charge is -2.20. The van der Waals surface area contributed by atoms with Crippen molar-refractivity contribution in [3.05, 3.63) is 24.0 Å². The monoisotopic (exact) mass is 252 g/mol. The molecule has 1 aromatic rings. The van der Waals surface area contributed by atoms with Crippen molar-refractivity contribution in [1.29, 1.82) is 0 Å². The zero-order valence-electron chi connectivity index (χ0n) is 10.7. The van der Waals surface area contributed by atoms with Crippen LogP contribution in [0.1, 0.15) is 26.3 Å². The summed E-state index contributed by atoms with van der Waals surface area (Å²) in [5.41, 5.74) is 0.265. The predicted octanol–water partition coefficient (Wildman–Crippen LogP) is -0.214. The van der Waals surface area contributed by atoms with Crippen LogP contribution in [0.3, 0.4) is 0 Å². The van der Waals surface area contributed by atoms with Crippen LogP contribution in [0, 0.1) is 0 Å². The Kier molecular flexibility index (Phi) is 4.69. The number of carbonyl (C=O) groups excluding carboxylic acids is 1. The Labute approximate surface area is 106 Å². The first-order valence-corrected chi connectivity index (χ1v) is 5.55. The Morgan fingerprint density at radius 2 is 2.17 bits per heavy atom. The molecule has 0 aliphatic rings. The second kappa shape index (κ2) is 5.84. The standard InChI is InChI=1S/C11H17BN2O4/c1-11(2,3)18-10(15)14-6-8-4-5-13-7-9(8)12(16)17/h4-5,7,16-17H,6H2,1-3H3,(H,14,15). The summed E-state index contributed by atoms with van der Waals surface area (Å²) in [6, 6.07) is 1.60. The number of nitrogens with zero attached hydrogens (tertiary/aromatic N) is 1. The van der Waals surface area contributed by atoms with E-state index in [1.165, 1.54) is 12.4 Å². The Morgan fingerprint density at radius 3 is 2.72 bits per heavy atom. The van der Waals surface area contributed by atoms with Crippen molar-refractivity contribution in [2.75, 3.05) is 0 Å². The largest absolute Gasteiger partial charge is 0.490 e. The number of alkyl carbamates (subject to hydrolysis) is 1. The van der Waals surface area contributed by atoms with Gasteiger partial charge in [0, 0.05) is 24.4 Å². The maximum absolute atomic E-state index is 11.4. The van der Waals surface area contributed by atoms with E-state index in [2.05, 4.69) is 10.3 Å². The molecule has 6 nitrogen and oxygen atoms in total. The van der Waals surface area contributed by atoms with Gasteiger partial charge in [-0.2, -0.15) is 0 Å². The number of amides is 1. The fourth-order valence-corrected chi connectivity index (χ4v) is 1.31.